The van der Waals surface area contributed by atoms with E-state index in [0.717, 1.165) is 0 Å². The molecule has 2 saturated heterocycles. The third-order valence-electron chi connectivity index (χ3n) is 10.4. The van der Waals surface area contributed by atoms with Gasteiger partial charge in [0.05, 0.1) is 44.7 Å². The number of nitrogens with zero attached hydrogens (tertiary/aromatic N) is 6. The number of fused-ring (bicyclic) bond motifs is 4. The van der Waals surface area contributed by atoms with Crippen molar-refractivity contribution < 1.29 is 45.9 Å². The molecule has 3 aliphatic rings. The highest BCUT2D eigenvalue weighted by atomic mass is 32.5. The lowest BCUT2D eigenvalue weighted by atomic mass is 10.1. The van der Waals surface area contributed by atoms with E-state index in [1.807, 2.05) is 39.9 Å². The number of anilines is 2. The lowest BCUT2D eigenvalue weighted by molar-refractivity contribution is -0.118. The van der Waals surface area contributed by atoms with E-state index >= 15 is 4.39 Å². The largest absolute Gasteiger partial charge is 0.408 e. The van der Waals surface area contributed by atoms with Gasteiger partial charge < -0.3 is 37.5 Å². The zero-order chi connectivity index (χ0) is 42.2. The van der Waals surface area contributed by atoms with Crippen molar-refractivity contribution in [2.75, 3.05) is 30.5 Å². The topological polar surface area (TPSA) is 239 Å². The lowest BCUT2D eigenvalue weighted by Crippen LogP contribution is -2.50. The van der Waals surface area contributed by atoms with Crippen LogP contribution in [0.4, 0.5) is 16.2 Å². The van der Waals surface area contributed by atoms with Crippen LogP contribution in [-0.4, -0.2) is 105 Å². The minimum atomic E-state index is -4.20. The number of H-pyrrole nitrogens is 1. The summed E-state index contributed by atoms with van der Waals surface area (Å²) >= 11 is 11.5. The van der Waals surface area contributed by atoms with E-state index in [9.17, 15) is 19.7 Å². The van der Waals surface area contributed by atoms with E-state index in [4.69, 9.17) is 55.4 Å². The van der Waals surface area contributed by atoms with Crippen molar-refractivity contribution in [2.24, 2.45) is 11.8 Å². The van der Waals surface area contributed by atoms with Crippen LogP contribution in [0, 0.1) is 23.2 Å². The van der Waals surface area contributed by atoms with Crippen LogP contribution in [0.5, 0.6) is 0 Å². The Morgan fingerprint density at radius 2 is 1.98 bits per heavy atom. The van der Waals surface area contributed by atoms with Crippen LogP contribution in [0.15, 0.2) is 29.7 Å². The third kappa shape index (κ3) is 10.1. The normalized spacial score (nSPS) is 32.2. The highest BCUT2D eigenvalue weighted by Gasteiger charge is 2.55. The molecule has 5 heterocycles. The van der Waals surface area contributed by atoms with Gasteiger partial charge in [0.25, 0.3) is 5.56 Å². The fourth-order valence-corrected chi connectivity index (χ4v) is 11.3. The summed E-state index contributed by atoms with van der Waals surface area (Å²) in [5.74, 6) is -1.31. The van der Waals surface area contributed by atoms with Crippen molar-refractivity contribution in [3.63, 3.8) is 0 Å². The number of ether oxygens (including phenoxy) is 1. The molecule has 10 atom stereocenters. The SMILES string of the molecule is CC(C)C(=O)Nc1nc2c(ncn2[C@@H]2O[C@@H]3COP(O)(=S)O[C@@H]4[C@@H](CO[P@@](=S)(OCCC#N)O[C@@H]2[C@@H]3O[Si](C)(C)C(C)(C)C)C[C@@H](Nc2ccncn2)[C@H]4F)c(=O)[nH]1. The van der Waals surface area contributed by atoms with Crippen molar-refractivity contribution in [3.8, 4) is 6.07 Å². The number of aromatic nitrogens is 6. The van der Waals surface area contributed by atoms with Gasteiger partial charge in [-0.15, -0.1) is 0 Å². The molecule has 0 radical (unpaired) electrons. The first-order valence-electron chi connectivity index (χ1n) is 18.6. The number of hydrogen-bond acceptors (Lipinski definition) is 17. The molecule has 58 heavy (non-hydrogen) atoms. The Morgan fingerprint density at radius 3 is 2.66 bits per heavy atom. The zero-order valence-corrected chi connectivity index (χ0v) is 37.4. The Hall–Kier alpha value is -2.68. The molecule has 4 N–H and O–H groups in total. The number of rotatable bonds is 10. The van der Waals surface area contributed by atoms with Crippen LogP contribution in [0.25, 0.3) is 11.2 Å². The molecule has 1 aliphatic carbocycles. The zero-order valence-electron chi connectivity index (χ0n) is 32.9. The van der Waals surface area contributed by atoms with Gasteiger partial charge in [0.15, 0.2) is 25.7 Å². The summed E-state index contributed by atoms with van der Waals surface area (Å²) in [4.78, 5) is 56.7. The molecule has 3 aromatic heterocycles. The number of hydrogen-bond donors (Lipinski definition) is 4. The molecular weight excluding hydrogens is 856 g/mol. The van der Waals surface area contributed by atoms with E-state index in [1.54, 1.807) is 19.9 Å². The predicted octanol–water partition coefficient (Wildman–Crippen LogP) is 4.82. The molecule has 1 unspecified atom stereocenters. The Kier molecular flexibility index (Phi) is 13.7. The number of nitrogens with one attached hydrogen (secondary N) is 3. The molecule has 3 fully saturated rings. The maximum absolute atomic E-state index is 16.3. The Morgan fingerprint density at radius 1 is 1.22 bits per heavy atom. The molecule has 2 aliphatic heterocycles. The summed E-state index contributed by atoms with van der Waals surface area (Å²) in [6.45, 7) is 4.59. The van der Waals surface area contributed by atoms with Gasteiger partial charge in [-0.3, -0.25) is 29.0 Å². The van der Waals surface area contributed by atoms with Gasteiger partial charge in [0, 0.05) is 18.0 Å². The number of amides is 1. The molecule has 0 spiro atoms. The monoisotopic (exact) mass is 903 g/mol. The number of nitriles is 1. The molecule has 0 aromatic carbocycles. The van der Waals surface area contributed by atoms with Crippen LogP contribution in [0.1, 0.15) is 53.7 Å². The summed E-state index contributed by atoms with van der Waals surface area (Å²) in [6, 6.07) is 2.76. The van der Waals surface area contributed by atoms with E-state index in [2.05, 4.69) is 35.6 Å². The standard InChI is InChI=1S/C33H48FN9O10P2S2Si/c1-18(2)29(44)41-32-40-28-24(30(45)42-32)38-17-43(28)31-27-26(53-58(6,7)33(3,4)5)21(50-31)15-48-54(46,56)51-25-19(14-49-55(57,52-27)47-12-8-10-35)13-20(23(25)34)39-22-9-11-36-16-37-22/h9,11,16-21,23,25-27,31H,8,12-15H2,1-7H3,(H,46,56)(H,36,37,39)(H2,40,41,42,44,45)/t19-,20-,21-,23-,25-,26-,27-,31-,54?,55+/m1/s1. The van der Waals surface area contributed by atoms with Crippen LogP contribution in [0.3, 0.4) is 0 Å². The van der Waals surface area contributed by atoms with E-state index in [1.165, 1.54) is 23.4 Å². The van der Waals surface area contributed by atoms with Gasteiger partial charge in [0.1, 0.15) is 42.7 Å². The number of carbonyl (C=O) groups excluding carboxylic acids is 1. The first kappa shape index (κ1) is 44.9. The molecule has 318 valence electrons. The lowest BCUT2D eigenvalue weighted by Gasteiger charge is -2.41. The highest BCUT2D eigenvalue weighted by molar-refractivity contribution is 8.07. The van der Waals surface area contributed by atoms with Gasteiger partial charge in [-0.05, 0) is 54.2 Å². The van der Waals surface area contributed by atoms with Gasteiger partial charge in [-0.25, -0.2) is 19.3 Å². The maximum Gasteiger partial charge on any atom is 0.327 e. The van der Waals surface area contributed by atoms with Crippen molar-refractivity contribution in [2.45, 2.75) is 108 Å². The van der Waals surface area contributed by atoms with Gasteiger partial charge in [-0.2, -0.15) is 10.2 Å². The number of halogens is 1. The van der Waals surface area contributed by atoms with Gasteiger partial charge in [0.2, 0.25) is 11.9 Å². The summed E-state index contributed by atoms with van der Waals surface area (Å²) < 4.78 is 62.5. The second-order valence-corrected chi connectivity index (χ2v) is 26.5. The van der Waals surface area contributed by atoms with E-state index in [0.29, 0.717) is 5.82 Å². The maximum atomic E-state index is 16.3. The van der Waals surface area contributed by atoms with Crippen molar-refractivity contribution >= 4 is 74.2 Å². The Labute approximate surface area is 345 Å². The molecule has 6 rings (SSSR count). The quantitative estimate of drug-likeness (QED) is 0.121. The third-order valence-corrected chi connectivity index (χ3v) is 18.8. The van der Waals surface area contributed by atoms with Crippen LogP contribution in [-0.2, 0) is 60.2 Å². The molecule has 1 saturated carbocycles. The molecule has 19 nitrogen and oxygen atoms in total. The van der Waals surface area contributed by atoms with Crippen molar-refractivity contribution in [3.05, 3.63) is 35.3 Å². The number of carbonyl (C=O) groups is 1. The predicted molar refractivity (Wildman–Crippen MR) is 219 cm³/mol. The summed E-state index contributed by atoms with van der Waals surface area (Å²) in [6.07, 6.45) is -3.26. The molecular formula is C33H48FN9O10P2S2Si. The Bertz CT molecular complexity index is 2160. The second-order valence-electron chi connectivity index (χ2n) is 16.0. The molecule has 1 amide bonds. The number of alkyl halides is 1. The first-order valence-corrected chi connectivity index (χ1v) is 26.6. The fourth-order valence-electron chi connectivity index (χ4n) is 6.35. The summed E-state index contributed by atoms with van der Waals surface area (Å²) in [5.41, 5.74) is -0.680. The fraction of sp³-hybridized carbons (Fsp3) is 0.667. The summed E-state index contributed by atoms with van der Waals surface area (Å²) in [5, 5.41) is 14.7. The van der Waals surface area contributed by atoms with Crippen molar-refractivity contribution in [1.29, 1.82) is 5.26 Å². The molecule has 3 aromatic rings. The van der Waals surface area contributed by atoms with E-state index < -0.39 is 88.6 Å². The highest BCUT2D eigenvalue weighted by Crippen LogP contribution is 2.58. The minimum absolute atomic E-state index is 0.0235. The molecule has 25 heteroatoms. The summed E-state index contributed by atoms with van der Waals surface area (Å²) in [7, 11) is -2.71. The van der Waals surface area contributed by atoms with Crippen molar-refractivity contribution in [1.82, 2.24) is 29.5 Å². The minimum Gasteiger partial charge on any atom is -0.408 e. The number of imidazole rings is 1. The average molecular weight is 904 g/mol. The van der Waals surface area contributed by atoms with E-state index in [-0.39, 0.29) is 54.1 Å². The molecule has 2 bridgehead atoms. The second kappa shape index (κ2) is 17.7. The first-order chi connectivity index (χ1) is 27.2. The van der Waals surface area contributed by atoms with Gasteiger partial charge >= 0.3 is 13.4 Å². The van der Waals surface area contributed by atoms with Gasteiger partial charge in [-0.1, -0.05) is 34.6 Å². The van der Waals surface area contributed by atoms with Crippen LogP contribution in [0.2, 0.25) is 18.1 Å². The Balaban J connectivity index is 1.44. The average Bonchev–Trinajstić information content (AvgIpc) is 3.79. The van der Waals surface area contributed by atoms with Crippen LogP contribution >= 0.6 is 13.4 Å². The smallest absolute Gasteiger partial charge is 0.327 e. The number of aromatic amines is 1. The van der Waals surface area contributed by atoms with Crippen LogP contribution < -0.4 is 16.2 Å².